The molecule has 0 fully saturated rings. The first-order valence-electron chi connectivity index (χ1n) is 8.39. The molecular formula is C19H16N2O5S. The Hall–Kier alpha value is -3.13. The second-order valence-electron chi connectivity index (χ2n) is 5.84. The minimum Gasteiger partial charge on any atom is -0.490 e. The van der Waals surface area contributed by atoms with Crippen LogP contribution in [0.1, 0.15) is 17.7 Å². The van der Waals surface area contributed by atoms with Crippen molar-refractivity contribution >= 4 is 28.3 Å². The van der Waals surface area contributed by atoms with Gasteiger partial charge in [-0.25, -0.2) is 9.78 Å². The van der Waals surface area contributed by atoms with Gasteiger partial charge in [0.1, 0.15) is 6.61 Å². The molecule has 0 unspecified atom stereocenters. The number of rotatable bonds is 4. The molecule has 27 heavy (non-hydrogen) atoms. The largest absolute Gasteiger partial charge is 0.490 e. The van der Waals surface area contributed by atoms with Gasteiger partial charge >= 0.3 is 5.97 Å². The van der Waals surface area contributed by atoms with Crippen molar-refractivity contribution in [1.29, 1.82) is 0 Å². The van der Waals surface area contributed by atoms with Gasteiger partial charge in [-0.3, -0.25) is 9.20 Å². The van der Waals surface area contributed by atoms with Crippen molar-refractivity contribution in [2.75, 3.05) is 13.2 Å². The van der Waals surface area contributed by atoms with Crippen molar-refractivity contribution in [3.05, 3.63) is 63.5 Å². The molecule has 1 aliphatic heterocycles. The van der Waals surface area contributed by atoms with Crippen LogP contribution in [0.3, 0.4) is 0 Å². The zero-order valence-electron chi connectivity index (χ0n) is 14.3. The summed E-state index contributed by atoms with van der Waals surface area (Å²) >= 11 is 1.35. The average molecular weight is 384 g/mol. The number of carbonyl (C=O) groups is 1. The molecule has 0 aliphatic carbocycles. The zero-order chi connectivity index (χ0) is 18.6. The summed E-state index contributed by atoms with van der Waals surface area (Å²) in [5.41, 5.74) is 1.02. The van der Waals surface area contributed by atoms with Crippen LogP contribution in [0.25, 0.3) is 11.0 Å². The summed E-state index contributed by atoms with van der Waals surface area (Å²) in [5, 5.41) is 1.78. The molecule has 7 nitrogen and oxygen atoms in total. The van der Waals surface area contributed by atoms with Crippen LogP contribution in [0.4, 0.5) is 0 Å². The van der Waals surface area contributed by atoms with E-state index >= 15 is 0 Å². The number of thiazole rings is 1. The topological polar surface area (TPSA) is 79.1 Å². The van der Waals surface area contributed by atoms with E-state index in [-0.39, 0.29) is 12.2 Å². The third-order valence-electron chi connectivity index (χ3n) is 3.90. The van der Waals surface area contributed by atoms with Crippen molar-refractivity contribution in [3.8, 4) is 11.5 Å². The molecule has 2 aromatic heterocycles. The Morgan fingerprint density at radius 1 is 1.26 bits per heavy atom. The summed E-state index contributed by atoms with van der Waals surface area (Å²) < 4.78 is 17.8. The maximum atomic E-state index is 12.0. The Kier molecular flexibility index (Phi) is 4.88. The van der Waals surface area contributed by atoms with Crippen LogP contribution in [0.5, 0.6) is 11.5 Å². The molecule has 0 saturated heterocycles. The molecule has 0 amide bonds. The third-order valence-corrected chi connectivity index (χ3v) is 4.66. The number of hydrogen-bond acceptors (Lipinski definition) is 7. The van der Waals surface area contributed by atoms with Gasteiger partial charge in [0.15, 0.2) is 16.5 Å². The van der Waals surface area contributed by atoms with E-state index in [4.69, 9.17) is 14.2 Å². The van der Waals surface area contributed by atoms with Crippen LogP contribution >= 0.6 is 11.3 Å². The molecule has 1 aromatic carbocycles. The monoisotopic (exact) mass is 384 g/mol. The number of esters is 1. The van der Waals surface area contributed by atoms with Crippen LogP contribution in [-0.4, -0.2) is 28.6 Å². The predicted molar refractivity (Wildman–Crippen MR) is 100 cm³/mol. The lowest BCUT2D eigenvalue weighted by molar-refractivity contribution is -0.139. The van der Waals surface area contributed by atoms with Gasteiger partial charge < -0.3 is 14.2 Å². The maximum absolute atomic E-state index is 12.0. The van der Waals surface area contributed by atoms with Crippen molar-refractivity contribution in [2.24, 2.45) is 0 Å². The van der Waals surface area contributed by atoms with E-state index in [0.717, 1.165) is 12.0 Å². The molecule has 1 aliphatic rings. The number of fused-ring (bicyclic) bond motifs is 2. The minimum atomic E-state index is -0.518. The molecule has 0 spiro atoms. The second-order valence-corrected chi connectivity index (χ2v) is 6.71. The Labute approximate surface area is 158 Å². The first-order chi connectivity index (χ1) is 13.2. The lowest BCUT2D eigenvalue weighted by Gasteiger charge is -2.07. The summed E-state index contributed by atoms with van der Waals surface area (Å²) in [6, 6.07) is 6.84. The third kappa shape index (κ3) is 4.01. The molecule has 0 bridgehead atoms. The minimum absolute atomic E-state index is 0.0616. The van der Waals surface area contributed by atoms with Crippen LogP contribution < -0.4 is 15.0 Å². The van der Waals surface area contributed by atoms with Gasteiger partial charge in [0.2, 0.25) is 0 Å². The summed E-state index contributed by atoms with van der Waals surface area (Å²) in [6.07, 6.45) is 5.46. The van der Waals surface area contributed by atoms with Gasteiger partial charge in [-0.05, 0) is 23.8 Å². The number of aromatic nitrogens is 2. The molecule has 0 saturated carbocycles. The first-order valence-corrected chi connectivity index (χ1v) is 9.27. The fourth-order valence-corrected chi connectivity index (χ4v) is 3.34. The zero-order valence-corrected chi connectivity index (χ0v) is 15.1. The van der Waals surface area contributed by atoms with Gasteiger partial charge in [0.25, 0.3) is 5.56 Å². The molecular weight excluding hydrogens is 368 g/mol. The Bertz CT molecular complexity index is 1070. The summed E-state index contributed by atoms with van der Waals surface area (Å²) in [4.78, 5) is 28.7. The first kappa shape index (κ1) is 17.3. The van der Waals surface area contributed by atoms with Gasteiger partial charge in [0.05, 0.1) is 18.9 Å². The number of hydrogen-bond donors (Lipinski definition) is 0. The molecule has 4 rings (SSSR count). The van der Waals surface area contributed by atoms with Crippen molar-refractivity contribution in [1.82, 2.24) is 9.38 Å². The summed E-state index contributed by atoms with van der Waals surface area (Å²) in [7, 11) is 0. The van der Waals surface area contributed by atoms with E-state index in [2.05, 4.69) is 4.98 Å². The summed E-state index contributed by atoms with van der Waals surface area (Å²) in [5.74, 6) is 0.848. The lowest BCUT2D eigenvalue weighted by atomic mass is 10.2. The molecule has 0 N–H and O–H groups in total. The highest BCUT2D eigenvalue weighted by Crippen LogP contribution is 2.30. The van der Waals surface area contributed by atoms with E-state index in [1.807, 2.05) is 18.2 Å². The van der Waals surface area contributed by atoms with E-state index in [1.165, 1.54) is 27.9 Å². The van der Waals surface area contributed by atoms with Crippen molar-refractivity contribution in [3.63, 3.8) is 0 Å². The highest BCUT2D eigenvalue weighted by atomic mass is 32.1. The second kappa shape index (κ2) is 7.63. The SMILES string of the molecule is O=C(/C=C/c1ccc2c(c1)OCCCO2)OCc1cc(=O)n2ccsc2n1. The standard InChI is InChI=1S/C19H16N2O5S/c22-17-11-14(20-19-21(17)6-9-27-19)12-26-18(23)5-3-13-2-4-15-16(10-13)25-8-1-7-24-15/h2-6,9-11H,1,7-8,12H2/b5-3+. The van der Waals surface area contributed by atoms with E-state index in [9.17, 15) is 9.59 Å². The van der Waals surface area contributed by atoms with E-state index < -0.39 is 5.97 Å². The number of carbonyl (C=O) groups excluding carboxylic acids is 1. The van der Waals surface area contributed by atoms with Crippen LogP contribution in [0, 0.1) is 0 Å². The van der Waals surface area contributed by atoms with Gasteiger partial charge in [-0.2, -0.15) is 0 Å². The molecule has 3 heterocycles. The number of nitrogens with zero attached hydrogens (tertiary/aromatic N) is 2. The Morgan fingerprint density at radius 3 is 3.00 bits per heavy atom. The molecule has 0 atom stereocenters. The van der Waals surface area contributed by atoms with Crippen LogP contribution in [-0.2, 0) is 16.1 Å². The van der Waals surface area contributed by atoms with Gasteiger partial charge in [-0.1, -0.05) is 6.07 Å². The molecule has 3 aromatic rings. The summed E-state index contributed by atoms with van der Waals surface area (Å²) in [6.45, 7) is 1.17. The number of benzene rings is 1. The Morgan fingerprint density at radius 2 is 2.11 bits per heavy atom. The van der Waals surface area contributed by atoms with Crippen LogP contribution in [0.15, 0.2) is 46.7 Å². The van der Waals surface area contributed by atoms with E-state index in [1.54, 1.807) is 17.7 Å². The van der Waals surface area contributed by atoms with Gasteiger partial charge in [-0.15, -0.1) is 11.3 Å². The highest BCUT2D eigenvalue weighted by molar-refractivity contribution is 7.15. The fraction of sp³-hybridized carbons (Fsp3) is 0.211. The van der Waals surface area contributed by atoms with Crippen molar-refractivity contribution in [2.45, 2.75) is 13.0 Å². The van der Waals surface area contributed by atoms with Crippen molar-refractivity contribution < 1.29 is 19.0 Å². The number of ether oxygens (including phenoxy) is 3. The average Bonchev–Trinajstić information content (AvgIpc) is 3.02. The Balaban J connectivity index is 1.40. The quantitative estimate of drug-likeness (QED) is 0.508. The lowest BCUT2D eigenvalue weighted by Crippen LogP contribution is -2.14. The van der Waals surface area contributed by atoms with Gasteiger partial charge in [0, 0.05) is 30.1 Å². The molecule has 8 heteroatoms. The fourth-order valence-electron chi connectivity index (χ4n) is 2.60. The molecule has 0 radical (unpaired) electrons. The van der Waals surface area contributed by atoms with Crippen LogP contribution in [0.2, 0.25) is 0 Å². The maximum Gasteiger partial charge on any atom is 0.331 e. The predicted octanol–water partition coefficient (Wildman–Crippen LogP) is 2.67. The normalized spacial score (nSPS) is 13.6. The molecule has 138 valence electrons. The van der Waals surface area contributed by atoms with E-state index in [0.29, 0.717) is 35.4 Å². The smallest absolute Gasteiger partial charge is 0.331 e. The highest BCUT2D eigenvalue weighted by Gasteiger charge is 2.10.